The zero-order valence-electron chi connectivity index (χ0n) is 28.4. The standard InChI is InChI=1S/C48H30B2N2/c1-3-13-31(14-4-1)33-25-27-40-37(29-33)38-30-34(32-15-5-2-6-16-32)26-28-44(38)52-46-24-11-20-41-47(46)48-42(50(40)52)21-12-23-45(48)51-43-22-10-8-18-36(43)35-17-7-9-19-39(35)49(41)51/h1-30H. The number of para-hydroxylation sites is 1. The molecule has 0 aliphatic carbocycles. The van der Waals surface area contributed by atoms with Gasteiger partial charge < -0.3 is 9.62 Å². The normalized spacial score (nSPS) is 13.6. The van der Waals surface area contributed by atoms with Gasteiger partial charge in [0.05, 0.1) is 0 Å². The van der Waals surface area contributed by atoms with Crippen molar-refractivity contribution in [1.29, 1.82) is 0 Å². The van der Waals surface area contributed by atoms with Crippen molar-refractivity contribution in [3.63, 3.8) is 0 Å². The van der Waals surface area contributed by atoms with Crippen LogP contribution in [0.3, 0.4) is 0 Å². The van der Waals surface area contributed by atoms with E-state index in [0.29, 0.717) is 0 Å². The van der Waals surface area contributed by atoms with Crippen LogP contribution in [0.5, 0.6) is 0 Å². The molecule has 8 aromatic rings. The molecule has 4 aliphatic rings. The molecule has 0 radical (unpaired) electrons. The molecule has 0 saturated heterocycles. The molecule has 0 spiro atoms. The van der Waals surface area contributed by atoms with Gasteiger partial charge in [-0.15, -0.1) is 0 Å². The Hall–Kier alpha value is -6.51. The maximum atomic E-state index is 2.65. The van der Waals surface area contributed by atoms with E-state index in [0.717, 1.165) is 0 Å². The fourth-order valence-electron chi connectivity index (χ4n) is 9.73. The molecule has 0 saturated carbocycles. The molecule has 0 N–H and O–H groups in total. The van der Waals surface area contributed by atoms with Crippen molar-refractivity contribution < 1.29 is 0 Å². The minimum atomic E-state index is 0.0245. The Morgan fingerprint density at radius 2 is 0.731 bits per heavy atom. The van der Waals surface area contributed by atoms with E-state index in [4.69, 9.17) is 0 Å². The third-order valence-electron chi connectivity index (χ3n) is 11.8. The molecule has 8 aromatic carbocycles. The first-order valence-electron chi connectivity index (χ1n) is 18.3. The summed E-state index contributed by atoms with van der Waals surface area (Å²) in [7, 11) is 0. The Balaban J connectivity index is 1.16. The smallest absolute Gasteiger partial charge is 0.329 e. The number of benzene rings is 8. The van der Waals surface area contributed by atoms with Crippen molar-refractivity contribution in [2.24, 2.45) is 0 Å². The van der Waals surface area contributed by atoms with E-state index in [9.17, 15) is 0 Å². The molecular formula is C48H30B2N2. The van der Waals surface area contributed by atoms with Gasteiger partial charge in [0.15, 0.2) is 0 Å². The zero-order chi connectivity index (χ0) is 33.9. The second kappa shape index (κ2) is 10.5. The van der Waals surface area contributed by atoms with Crippen LogP contribution in [0.25, 0.3) is 55.6 Å². The molecule has 52 heavy (non-hydrogen) atoms. The lowest BCUT2D eigenvalue weighted by Gasteiger charge is -2.49. The van der Waals surface area contributed by atoms with Gasteiger partial charge in [-0.1, -0.05) is 146 Å². The Morgan fingerprint density at radius 3 is 1.38 bits per heavy atom. The van der Waals surface area contributed by atoms with Gasteiger partial charge in [0.2, 0.25) is 0 Å². The zero-order valence-corrected chi connectivity index (χ0v) is 28.4. The van der Waals surface area contributed by atoms with Crippen LogP contribution in [0.4, 0.5) is 22.7 Å². The molecule has 4 heteroatoms. The van der Waals surface area contributed by atoms with E-state index in [1.165, 1.54) is 100 Å². The summed E-state index contributed by atoms with van der Waals surface area (Å²) in [5.74, 6) is 0. The predicted molar refractivity (Wildman–Crippen MR) is 221 cm³/mol. The lowest BCUT2D eigenvalue weighted by Crippen LogP contribution is -2.65. The van der Waals surface area contributed by atoms with Gasteiger partial charge in [-0.3, -0.25) is 0 Å². The topological polar surface area (TPSA) is 6.48 Å². The summed E-state index contributed by atoms with van der Waals surface area (Å²) in [6, 6.07) is 67.9. The molecule has 2 nitrogen and oxygen atoms in total. The van der Waals surface area contributed by atoms with Crippen LogP contribution >= 0.6 is 0 Å². The summed E-state index contributed by atoms with van der Waals surface area (Å²) in [4.78, 5) is 5.28. The van der Waals surface area contributed by atoms with Crippen LogP contribution in [-0.4, -0.2) is 13.7 Å². The predicted octanol–water partition coefficient (Wildman–Crippen LogP) is 9.16. The summed E-state index contributed by atoms with van der Waals surface area (Å²) in [5.41, 5.74) is 23.4. The first kappa shape index (κ1) is 28.2. The number of anilines is 4. The summed E-state index contributed by atoms with van der Waals surface area (Å²) < 4.78 is 0. The summed E-state index contributed by atoms with van der Waals surface area (Å²) >= 11 is 0. The number of hydrogen-bond donors (Lipinski definition) is 0. The molecular weight excluding hydrogens is 626 g/mol. The Morgan fingerprint density at radius 1 is 0.269 bits per heavy atom. The van der Waals surface area contributed by atoms with Crippen LogP contribution in [0.1, 0.15) is 0 Å². The highest BCUT2D eigenvalue weighted by atomic mass is 15.1. The molecule has 0 atom stereocenters. The van der Waals surface area contributed by atoms with Crippen molar-refractivity contribution in [3.05, 3.63) is 182 Å². The van der Waals surface area contributed by atoms with Gasteiger partial charge in [0, 0.05) is 45.0 Å². The lowest BCUT2D eigenvalue weighted by molar-refractivity contribution is 1.31. The SMILES string of the molecule is c1ccc(-c2ccc3c(c2)-c2cc(-c4ccccc4)ccc2N2B3c3cccc4c3-c3c(cccc32)B2c3ccccc3-c3ccccc3N24)cc1. The maximum absolute atomic E-state index is 2.65. The first-order chi connectivity index (χ1) is 25.8. The molecule has 12 rings (SSSR count). The molecule has 0 fully saturated rings. The molecule has 0 amide bonds. The first-order valence-corrected chi connectivity index (χ1v) is 18.3. The van der Waals surface area contributed by atoms with E-state index >= 15 is 0 Å². The van der Waals surface area contributed by atoms with Crippen LogP contribution in [0, 0.1) is 0 Å². The highest BCUT2D eigenvalue weighted by Crippen LogP contribution is 2.52. The molecule has 4 aliphatic heterocycles. The average molecular weight is 656 g/mol. The molecule has 0 aromatic heterocycles. The number of fused-ring (bicyclic) bond motifs is 16. The van der Waals surface area contributed by atoms with Gasteiger partial charge in [0.1, 0.15) is 0 Å². The maximum Gasteiger partial charge on any atom is 0.329 e. The second-order valence-corrected chi connectivity index (χ2v) is 14.4. The van der Waals surface area contributed by atoms with Crippen LogP contribution in [0.15, 0.2) is 182 Å². The summed E-state index contributed by atoms with van der Waals surface area (Å²) in [6.45, 7) is 0.0993. The van der Waals surface area contributed by atoms with Crippen molar-refractivity contribution in [2.75, 3.05) is 9.62 Å². The van der Waals surface area contributed by atoms with Gasteiger partial charge in [0.25, 0.3) is 0 Å². The van der Waals surface area contributed by atoms with Crippen molar-refractivity contribution >= 4 is 58.3 Å². The van der Waals surface area contributed by atoms with Crippen LogP contribution < -0.4 is 31.5 Å². The van der Waals surface area contributed by atoms with Gasteiger partial charge in [-0.25, -0.2) is 0 Å². The molecule has 0 unspecified atom stereocenters. The average Bonchev–Trinajstić information content (AvgIpc) is 3.23. The van der Waals surface area contributed by atoms with Gasteiger partial charge >= 0.3 is 13.7 Å². The monoisotopic (exact) mass is 656 g/mol. The number of hydrogen-bond acceptors (Lipinski definition) is 2. The van der Waals surface area contributed by atoms with E-state index in [2.05, 4.69) is 192 Å². The summed E-state index contributed by atoms with van der Waals surface area (Å²) in [5, 5.41) is 0. The Labute approximate surface area is 304 Å². The third kappa shape index (κ3) is 3.71. The summed E-state index contributed by atoms with van der Waals surface area (Å²) in [6.07, 6.45) is 0. The second-order valence-electron chi connectivity index (χ2n) is 14.4. The Kier molecular flexibility index (Phi) is 5.70. The quantitative estimate of drug-likeness (QED) is 0.171. The van der Waals surface area contributed by atoms with Crippen LogP contribution in [-0.2, 0) is 0 Å². The highest BCUT2D eigenvalue weighted by molar-refractivity contribution is 6.96. The number of nitrogens with zero attached hydrogens (tertiary/aromatic N) is 2. The minimum absolute atomic E-state index is 0.0245. The largest absolute Gasteiger partial charge is 0.376 e. The fraction of sp³-hybridized carbons (Fsp3) is 0. The highest BCUT2D eigenvalue weighted by Gasteiger charge is 2.49. The van der Waals surface area contributed by atoms with Crippen molar-refractivity contribution in [3.8, 4) is 55.6 Å². The number of rotatable bonds is 2. The van der Waals surface area contributed by atoms with E-state index in [-0.39, 0.29) is 13.7 Å². The van der Waals surface area contributed by atoms with Gasteiger partial charge in [-0.2, -0.15) is 0 Å². The van der Waals surface area contributed by atoms with Crippen molar-refractivity contribution in [2.45, 2.75) is 0 Å². The molecule has 238 valence electrons. The van der Waals surface area contributed by atoms with Crippen LogP contribution in [0.2, 0.25) is 0 Å². The fourth-order valence-corrected chi connectivity index (χ4v) is 9.73. The van der Waals surface area contributed by atoms with E-state index < -0.39 is 0 Å². The van der Waals surface area contributed by atoms with Crippen molar-refractivity contribution in [1.82, 2.24) is 0 Å². The minimum Gasteiger partial charge on any atom is -0.376 e. The third-order valence-corrected chi connectivity index (χ3v) is 11.8. The van der Waals surface area contributed by atoms with Gasteiger partial charge in [-0.05, 0) is 91.6 Å². The van der Waals surface area contributed by atoms with E-state index in [1.807, 2.05) is 0 Å². The lowest BCUT2D eigenvalue weighted by atomic mass is 9.38. The Bertz CT molecular complexity index is 2580. The molecule has 4 heterocycles. The molecule has 0 bridgehead atoms. The van der Waals surface area contributed by atoms with E-state index in [1.54, 1.807) is 0 Å².